The molecule has 0 bridgehead atoms. The van der Waals surface area contributed by atoms with Crippen molar-refractivity contribution in [2.45, 2.75) is 19.5 Å². The molecule has 2 aliphatic heterocycles. The Hall–Kier alpha value is -2.77. The number of nitrogens with zero attached hydrogens (tertiary/aromatic N) is 2. The van der Waals surface area contributed by atoms with Crippen LogP contribution in [0.4, 0.5) is 0 Å². The second kappa shape index (κ2) is 8.93. The Kier molecular flexibility index (Phi) is 6.11. The van der Waals surface area contributed by atoms with Crippen molar-refractivity contribution in [3.05, 3.63) is 58.6 Å². The number of nitrogens with one attached hydrogen (secondary N) is 1. The fourth-order valence-electron chi connectivity index (χ4n) is 3.67. The lowest BCUT2D eigenvalue weighted by Crippen LogP contribution is -2.54. The van der Waals surface area contributed by atoms with Gasteiger partial charge in [0, 0.05) is 32.7 Å². The van der Waals surface area contributed by atoms with Gasteiger partial charge in [-0.1, -0.05) is 29.8 Å². The summed E-state index contributed by atoms with van der Waals surface area (Å²) < 4.78 is 10.7. The number of carbonyl (C=O) groups excluding carboxylic acids is 2. The lowest BCUT2D eigenvalue weighted by Gasteiger charge is -2.37. The Morgan fingerprint density at radius 1 is 1.07 bits per heavy atom. The maximum absolute atomic E-state index is 12.7. The number of fused-ring (bicyclic) bond motifs is 1. The van der Waals surface area contributed by atoms with Gasteiger partial charge in [0.1, 0.15) is 0 Å². The molecule has 2 aromatic rings. The summed E-state index contributed by atoms with van der Waals surface area (Å²) in [7, 11) is 0. The number of rotatable bonds is 5. The van der Waals surface area contributed by atoms with E-state index in [4.69, 9.17) is 21.1 Å². The number of benzene rings is 2. The van der Waals surface area contributed by atoms with E-state index >= 15 is 0 Å². The van der Waals surface area contributed by atoms with Gasteiger partial charge in [0.05, 0.1) is 16.6 Å². The van der Waals surface area contributed by atoms with Crippen molar-refractivity contribution in [1.29, 1.82) is 0 Å². The molecule has 2 aliphatic rings. The molecule has 1 N–H and O–H groups in total. The highest BCUT2D eigenvalue weighted by molar-refractivity contribution is 6.33. The zero-order valence-corrected chi connectivity index (χ0v) is 17.5. The van der Waals surface area contributed by atoms with Crippen LogP contribution in [0.2, 0.25) is 5.02 Å². The van der Waals surface area contributed by atoms with Crippen LogP contribution in [0.15, 0.2) is 42.5 Å². The summed E-state index contributed by atoms with van der Waals surface area (Å²) >= 11 is 6.15. The molecular weight excluding hydrogens is 406 g/mol. The first-order valence-corrected chi connectivity index (χ1v) is 10.3. The summed E-state index contributed by atoms with van der Waals surface area (Å²) in [6.07, 6.45) is 0. The van der Waals surface area contributed by atoms with Crippen molar-refractivity contribution in [3.8, 4) is 11.5 Å². The van der Waals surface area contributed by atoms with Crippen molar-refractivity contribution in [2.75, 3.05) is 33.0 Å². The average molecular weight is 430 g/mol. The van der Waals surface area contributed by atoms with Gasteiger partial charge in [-0.3, -0.25) is 14.5 Å². The SMILES string of the molecule is C[C@@H](C(=O)NCc1ccc2c(c1)OCO2)N1CCN(C(=O)c2ccccc2Cl)CC1. The fraction of sp³-hybridized carbons (Fsp3) is 0.364. The van der Waals surface area contributed by atoms with Gasteiger partial charge in [-0.05, 0) is 36.8 Å². The first kappa shape index (κ1) is 20.5. The molecule has 0 unspecified atom stereocenters. The molecule has 158 valence electrons. The van der Waals surface area contributed by atoms with Crippen LogP contribution in [0.25, 0.3) is 0 Å². The van der Waals surface area contributed by atoms with Crippen LogP contribution in [-0.2, 0) is 11.3 Å². The minimum atomic E-state index is -0.281. The Morgan fingerprint density at radius 2 is 1.80 bits per heavy atom. The van der Waals surface area contributed by atoms with Crippen LogP contribution in [0, 0.1) is 0 Å². The first-order chi connectivity index (χ1) is 14.5. The normalized spacial score (nSPS) is 16.9. The van der Waals surface area contributed by atoms with E-state index in [0.717, 1.165) is 11.3 Å². The molecule has 0 aliphatic carbocycles. The third-order valence-electron chi connectivity index (χ3n) is 5.54. The van der Waals surface area contributed by atoms with Crippen molar-refractivity contribution in [3.63, 3.8) is 0 Å². The lowest BCUT2D eigenvalue weighted by atomic mass is 10.1. The molecule has 1 atom stereocenters. The van der Waals surface area contributed by atoms with Crippen LogP contribution in [0.3, 0.4) is 0 Å². The van der Waals surface area contributed by atoms with Crippen LogP contribution in [-0.4, -0.2) is 60.6 Å². The van der Waals surface area contributed by atoms with E-state index in [1.54, 1.807) is 23.1 Å². The van der Waals surface area contributed by atoms with E-state index < -0.39 is 0 Å². The third kappa shape index (κ3) is 4.37. The third-order valence-corrected chi connectivity index (χ3v) is 5.87. The predicted molar refractivity (Wildman–Crippen MR) is 113 cm³/mol. The molecule has 1 fully saturated rings. The molecule has 8 heteroatoms. The summed E-state index contributed by atoms with van der Waals surface area (Å²) in [5, 5.41) is 3.44. The first-order valence-electron chi connectivity index (χ1n) is 9.97. The monoisotopic (exact) mass is 429 g/mol. The predicted octanol–water partition coefficient (Wildman–Crippen LogP) is 2.53. The van der Waals surface area contributed by atoms with Crippen molar-refractivity contribution in [1.82, 2.24) is 15.1 Å². The second-order valence-corrected chi connectivity index (χ2v) is 7.80. The molecule has 2 amide bonds. The summed E-state index contributed by atoms with van der Waals surface area (Å²) in [6.45, 7) is 4.93. The lowest BCUT2D eigenvalue weighted by molar-refractivity contribution is -0.126. The summed E-state index contributed by atoms with van der Waals surface area (Å²) in [4.78, 5) is 29.2. The highest BCUT2D eigenvalue weighted by Crippen LogP contribution is 2.32. The van der Waals surface area contributed by atoms with E-state index in [1.165, 1.54) is 0 Å². The molecule has 7 nitrogen and oxygen atoms in total. The van der Waals surface area contributed by atoms with E-state index in [-0.39, 0.29) is 24.6 Å². The molecule has 0 saturated carbocycles. The van der Waals surface area contributed by atoms with Crippen molar-refractivity contribution < 1.29 is 19.1 Å². The van der Waals surface area contributed by atoms with Gasteiger partial charge in [0.25, 0.3) is 5.91 Å². The van der Waals surface area contributed by atoms with Crippen molar-refractivity contribution >= 4 is 23.4 Å². The van der Waals surface area contributed by atoms with Crippen LogP contribution >= 0.6 is 11.6 Å². The molecule has 4 rings (SSSR count). The van der Waals surface area contributed by atoms with Gasteiger partial charge in [-0.25, -0.2) is 0 Å². The van der Waals surface area contributed by atoms with Gasteiger partial charge in [0.2, 0.25) is 12.7 Å². The number of ether oxygens (including phenoxy) is 2. The summed E-state index contributed by atoms with van der Waals surface area (Å²) in [5.74, 6) is 1.32. The number of hydrogen-bond donors (Lipinski definition) is 1. The molecule has 0 radical (unpaired) electrons. The van der Waals surface area contributed by atoms with Crippen molar-refractivity contribution in [2.24, 2.45) is 0 Å². The standard InChI is InChI=1S/C22H24ClN3O4/c1-15(21(27)24-13-16-6-7-19-20(12-16)30-14-29-19)25-8-10-26(11-9-25)22(28)17-4-2-3-5-18(17)23/h2-7,12,15H,8-11,13-14H2,1H3,(H,24,27)/t15-/m0/s1. The zero-order valence-electron chi connectivity index (χ0n) is 16.8. The van der Waals surface area contributed by atoms with Gasteiger partial charge < -0.3 is 19.7 Å². The highest BCUT2D eigenvalue weighted by Gasteiger charge is 2.28. The molecule has 1 saturated heterocycles. The quantitative estimate of drug-likeness (QED) is 0.790. The molecule has 0 aromatic heterocycles. The van der Waals surface area contributed by atoms with Crippen LogP contribution in [0.5, 0.6) is 11.5 Å². The van der Waals surface area contributed by atoms with E-state index in [0.29, 0.717) is 49.1 Å². The molecule has 2 heterocycles. The highest BCUT2D eigenvalue weighted by atomic mass is 35.5. The number of hydrogen-bond acceptors (Lipinski definition) is 5. The number of piperazine rings is 1. The molecular formula is C22H24ClN3O4. The minimum Gasteiger partial charge on any atom is -0.454 e. The number of amides is 2. The molecule has 2 aromatic carbocycles. The van der Waals surface area contributed by atoms with Gasteiger partial charge in [-0.15, -0.1) is 0 Å². The minimum absolute atomic E-state index is 0.0430. The Balaban J connectivity index is 1.27. The van der Waals surface area contributed by atoms with E-state index in [9.17, 15) is 9.59 Å². The van der Waals surface area contributed by atoms with Gasteiger partial charge in [-0.2, -0.15) is 0 Å². The van der Waals surface area contributed by atoms with Crippen LogP contribution in [0.1, 0.15) is 22.8 Å². The Labute approximate surface area is 180 Å². The maximum Gasteiger partial charge on any atom is 0.255 e. The van der Waals surface area contributed by atoms with Gasteiger partial charge in [0.15, 0.2) is 11.5 Å². The Bertz CT molecular complexity index is 944. The Morgan fingerprint density at radius 3 is 2.57 bits per heavy atom. The van der Waals surface area contributed by atoms with Gasteiger partial charge >= 0.3 is 0 Å². The van der Waals surface area contributed by atoms with E-state index in [2.05, 4.69) is 10.2 Å². The second-order valence-electron chi connectivity index (χ2n) is 7.39. The van der Waals surface area contributed by atoms with Crippen LogP contribution < -0.4 is 14.8 Å². The largest absolute Gasteiger partial charge is 0.454 e. The zero-order chi connectivity index (χ0) is 21.1. The number of carbonyl (C=O) groups is 2. The maximum atomic E-state index is 12.7. The smallest absolute Gasteiger partial charge is 0.255 e. The molecule has 0 spiro atoms. The van der Waals surface area contributed by atoms with E-state index in [1.807, 2.05) is 31.2 Å². The fourth-order valence-corrected chi connectivity index (χ4v) is 3.89. The topological polar surface area (TPSA) is 71.1 Å². The average Bonchev–Trinajstić information content (AvgIpc) is 3.25. The number of halogens is 1. The summed E-state index contributed by atoms with van der Waals surface area (Å²) in [5.41, 5.74) is 1.47. The summed E-state index contributed by atoms with van der Waals surface area (Å²) in [6, 6.07) is 12.4. The molecule has 30 heavy (non-hydrogen) atoms.